The molecule has 24 heteroatoms. The minimum Gasteiger partial charge on any atom is -0.744 e. The van der Waals surface area contributed by atoms with E-state index in [1.807, 2.05) is 0 Å². The molecule has 0 fully saturated rings. The second-order valence-electron chi connectivity index (χ2n) is 11.8. The van der Waals surface area contributed by atoms with E-state index in [1.54, 1.807) is 18.2 Å². The number of phenolic OH excluding ortho intramolecular Hbond substituents is 1. The molecule has 6 aromatic carbocycles. The Labute approximate surface area is 408 Å². The van der Waals surface area contributed by atoms with Crippen LogP contribution in [0.4, 0.5) is 34.1 Å². The number of fused-ring (bicyclic) bond motifs is 1. The van der Waals surface area contributed by atoms with E-state index in [-0.39, 0.29) is 117 Å². The Balaban J connectivity index is 0.00000320. The van der Waals surface area contributed by atoms with Gasteiger partial charge < -0.3 is 29.4 Å². The maximum absolute atomic E-state index is 13.0. The van der Waals surface area contributed by atoms with Crippen LogP contribution in [0.5, 0.6) is 5.75 Å². The van der Waals surface area contributed by atoms with Gasteiger partial charge in [-0.25, -0.2) is 25.3 Å². The van der Waals surface area contributed by atoms with E-state index in [1.165, 1.54) is 72.8 Å². The smallest absolute Gasteiger partial charge is 0.744 e. The number of nitrogens with zero attached hydrogens (tertiary/aromatic N) is 4. The molecule has 18 nitrogen and oxygen atoms in total. The van der Waals surface area contributed by atoms with Gasteiger partial charge >= 0.3 is 88.7 Å². The molecule has 0 aromatic heterocycles. The number of carbonyl (C=O) groups excluding carboxylic acids is 2. The van der Waals surface area contributed by atoms with Crippen LogP contribution in [0.2, 0.25) is 0 Å². The Kier molecular flexibility index (Phi) is 17.6. The first-order valence-corrected chi connectivity index (χ1v) is 20.1. The van der Waals surface area contributed by atoms with Crippen LogP contribution in [0, 0.1) is 0 Å². The standard InChI is InChI=1S/C36H26N6O12S3.3Na/c43-31-20-32(57(52,53)54)34(29-18-28(56(49,50)51)19-30(33(29)31)38-36(45)21-4-2-1-3-5-21)42-41-24-8-6-22(7-9-24)35(44)37-23-10-12-25(13-11-23)39-40-26-14-16-27(17-15-26)55(46,47)48;;;/h1-20,43H,(H,37,44)(H,38,45)(H,46,47,48)(H,49,50,51)(H,52,53,54);;;/q;3*+1/p-3. The topological polar surface area (TPSA) is 299 Å². The molecule has 2 amide bonds. The number of benzene rings is 6. The molecule has 0 radical (unpaired) electrons. The zero-order chi connectivity index (χ0) is 41.1. The van der Waals surface area contributed by atoms with E-state index in [4.69, 9.17) is 0 Å². The first kappa shape index (κ1) is 50.6. The number of rotatable bonds is 11. The predicted octanol–water partition coefficient (Wildman–Crippen LogP) is -2.39. The van der Waals surface area contributed by atoms with E-state index in [2.05, 4.69) is 31.1 Å². The maximum Gasteiger partial charge on any atom is 1.00 e. The molecule has 0 spiro atoms. The fourth-order valence-electron chi connectivity index (χ4n) is 5.19. The second kappa shape index (κ2) is 20.9. The quantitative estimate of drug-likeness (QED) is 0.0697. The summed E-state index contributed by atoms with van der Waals surface area (Å²) in [5, 5.41) is 30.9. The molecule has 290 valence electrons. The van der Waals surface area contributed by atoms with Gasteiger partial charge in [-0.3, -0.25) is 9.59 Å². The average molecular weight is 897 g/mol. The van der Waals surface area contributed by atoms with Gasteiger partial charge in [0, 0.05) is 33.7 Å². The Morgan fingerprint density at radius 1 is 0.517 bits per heavy atom. The molecule has 0 saturated heterocycles. The molecule has 6 rings (SSSR count). The molecule has 0 saturated carbocycles. The van der Waals surface area contributed by atoms with Gasteiger partial charge in [0.1, 0.15) is 41.8 Å². The number of hydrogen-bond donors (Lipinski definition) is 3. The van der Waals surface area contributed by atoms with E-state index in [0.717, 1.165) is 18.2 Å². The Hall–Kier alpha value is -3.75. The normalized spacial score (nSPS) is 11.7. The van der Waals surface area contributed by atoms with Gasteiger partial charge in [-0.15, -0.1) is 5.11 Å². The minimum atomic E-state index is -5.42. The van der Waals surface area contributed by atoms with Crippen LogP contribution in [-0.2, 0) is 30.4 Å². The summed E-state index contributed by atoms with van der Waals surface area (Å²) < 4.78 is 107. The van der Waals surface area contributed by atoms with Crippen LogP contribution in [0.15, 0.2) is 156 Å². The third-order valence-corrected chi connectivity index (χ3v) is 10.4. The minimum absolute atomic E-state index is 0. The van der Waals surface area contributed by atoms with E-state index < -0.39 is 79.4 Å². The van der Waals surface area contributed by atoms with Gasteiger partial charge in [0.2, 0.25) is 0 Å². The van der Waals surface area contributed by atoms with Crippen LogP contribution in [0.25, 0.3) is 10.8 Å². The van der Waals surface area contributed by atoms with Crippen LogP contribution in [-0.4, -0.2) is 55.8 Å². The molecular weight excluding hydrogens is 874 g/mol. The zero-order valence-electron chi connectivity index (χ0n) is 31.5. The van der Waals surface area contributed by atoms with Gasteiger partial charge in [-0.05, 0) is 97.1 Å². The molecule has 0 aliphatic carbocycles. The molecule has 3 N–H and O–H groups in total. The molecule has 0 unspecified atom stereocenters. The van der Waals surface area contributed by atoms with Crippen molar-refractivity contribution in [3.63, 3.8) is 0 Å². The molecule has 0 aliphatic heterocycles. The largest absolute Gasteiger partial charge is 1.00 e. The fraction of sp³-hybridized carbons (Fsp3) is 0. The molecule has 60 heavy (non-hydrogen) atoms. The first-order chi connectivity index (χ1) is 26.9. The number of hydrogen-bond acceptors (Lipinski definition) is 16. The molecule has 0 aliphatic rings. The molecule has 0 bridgehead atoms. The number of carbonyl (C=O) groups is 2. The fourth-order valence-corrected chi connectivity index (χ4v) is 6.83. The van der Waals surface area contributed by atoms with E-state index in [9.17, 15) is 53.6 Å². The molecule has 0 heterocycles. The van der Waals surface area contributed by atoms with Gasteiger partial charge in [0.05, 0.1) is 37.4 Å². The van der Waals surface area contributed by atoms with Crippen LogP contribution in [0.1, 0.15) is 20.7 Å². The Morgan fingerprint density at radius 3 is 1.50 bits per heavy atom. The van der Waals surface area contributed by atoms with Gasteiger partial charge in [-0.2, -0.15) is 15.3 Å². The Bertz CT molecular complexity index is 2960. The average Bonchev–Trinajstić information content (AvgIpc) is 3.16. The van der Waals surface area contributed by atoms with Crippen molar-refractivity contribution in [2.24, 2.45) is 20.5 Å². The summed E-state index contributed by atoms with van der Waals surface area (Å²) in [6.07, 6.45) is 0. The van der Waals surface area contributed by atoms with Crippen molar-refractivity contribution in [1.29, 1.82) is 0 Å². The first-order valence-electron chi connectivity index (χ1n) is 15.9. The van der Waals surface area contributed by atoms with Crippen LogP contribution < -0.4 is 99.3 Å². The van der Waals surface area contributed by atoms with E-state index >= 15 is 0 Å². The van der Waals surface area contributed by atoms with Crippen molar-refractivity contribution in [2.75, 3.05) is 10.6 Å². The summed E-state index contributed by atoms with van der Waals surface area (Å²) in [6, 6.07) is 25.9. The molecular formula is C36H23N6Na3O12S3. The van der Waals surface area contributed by atoms with E-state index in [0.29, 0.717) is 23.5 Å². The van der Waals surface area contributed by atoms with Crippen LogP contribution in [0.3, 0.4) is 0 Å². The SMILES string of the molecule is O=C(Nc1ccc(N=Nc2ccc(S(=O)(=O)[O-])cc2)cc1)c1ccc(N=Nc2c(S(=O)(=O)[O-])cc(O)c3c(NC(=O)c4ccccc4)cc(S(=O)(=O)[O-])cc23)cc1.[Na+].[Na+].[Na+]. The van der Waals surface area contributed by atoms with Crippen molar-refractivity contribution in [2.45, 2.75) is 14.7 Å². The van der Waals surface area contributed by atoms with Gasteiger partial charge in [0.25, 0.3) is 11.8 Å². The summed E-state index contributed by atoms with van der Waals surface area (Å²) in [7, 11) is -15.3. The van der Waals surface area contributed by atoms with Crippen molar-refractivity contribution in [3.8, 4) is 5.75 Å². The number of phenols is 1. The van der Waals surface area contributed by atoms with Gasteiger partial charge in [-0.1, -0.05) is 18.2 Å². The summed E-state index contributed by atoms with van der Waals surface area (Å²) in [4.78, 5) is 23.4. The predicted molar refractivity (Wildman–Crippen MR) is 200 cm³/mol. The molecule has 6 aromatic rings. The summed E-state index contributed by atoms with van der Waals surface area (Å²) in [5.41, 5.74) is 0.147. The van der Waals surface area contributed by atoms with Crippen LogP contribution >= 0.6 is 0 Å². The third-order valence-electron chi connectivity index (χ3n) is 7.89. The number of anilines is 2. The second-order valence-corrected chi connectivity index (χ2v) is 15.9. The van der Waals surface area contributed by atoms with Crippen molar-refractivity contribution in [3.05, 3.63) is 132 Å². The summed E-state index contributed by atoms with van der Waals surface area (Å²) in [5.74, 6) is -2.20. The number of aromatic hydroxyl groups is 1. The monoisotopic (exact) mass is 896 g/mol. The number of nitrogens with one attached hydrogen (secondary N) is 2. The van der Waals surface area contributed by atoms with Crippen molar-refractivity contribution >= 4 is 87.1 Å². The third kappa shape index (κ3) is 12.7. The van der Waals surface area contributed by atoms with Crippen molar-refractivity contribution < 1.29 is 142 Å². The zero-order valence-corrected chi connectivity index (χ0v) is 39.9. The summed E-state index contributed by atoms with van der Waals surface area (Å²) >= 11 is 0. The number of amides is 2. The maximum atomic E-state index is 13.0. The Morgan fingerprint density at radius 2 is 0.983 bits per heavy atom. The molecule has 0 atom stereocenters. The summed E-state index contributed by atoms with van der Waals surface area (Å²) in [6.45, 7) is 0. The van der Waals surface area contributed by atoms with Gasteiger partial charge in [0.15, 0.2) is 0 Å². The van der Waals surface area contributed by atoms with Crippen molar-refractivity contribution in [1.82, 2.24) is 0 Å². The number of azo groups is 2.